The van der Waals surface area contributed by atoms with Crippen molar-refractivity contribution < 1.29 is 36.9 Å². The van der Waals surface area contributed by atoms with E-state index in [9.17, 15) is 19.8 Å². The maximum atomic E-state index is 9.49. The van der Waals surface area contributed by atoms with Crippen LogP contribution in [0, 0.1) is 0 Å². The third-order valence-corrected chi connectivity index (χ3v) is 2.41. The molecule has 0 aromatic rings. The van der Waals surface area contributed by atoms with E-state index >= 15 is 0 Å². The van der Waals surface area contributed by atoms with Crippen LogP contribution < -0.4 is 10.2 Å². The molecular weight excluding hydrogens is 287 g/mol. The second kappa shape index (κ2) is 19.8. The number of hydrogen-bond acceptors (Lipinski definition) is 4. The van der Waals surface area contributed by atoms with E-state index in [1.165, 1.54) is 38.5 Å². The molecule has 0 aromatic heterocycles. The van der Waals surface area contributed by atoms with E-state index < -0.39 is 11.9 Å². The van der Waals surface area contributed by atoms with Crippen molar-refractivity contribution >= 4 is 11.9 Å². The molecule has 1 radical (unpaired) electrons. The minimum Gasteiger partial charge on any atom is -0.550 e. The molecule has 0 saturated heterocycles. The summed E-state index contributed by atoms with van der Waals surface area (Å²) < 4.78 is 0. The Kier molecular flexibility index (Phi) is 24.5. The zero-order valence-corrected chi connectivity index (χ0v) is 13.3. The van der Waals surface area contributed by atoms with Crippen LogP contribution in [0.3, 0.4) is 0 Å². The Bertz CT molecular complexity index is 176. The van der Waals surface area contributed by atoms with E-state index in [0.29, 0.717) is 12.8 Å². The Balaban J connectivity index is -0.000000197. The fraction of sp³-hybridized carbons (Fsp3) is 0.857. The summed E-state index contributed by atoms with van der Waals surface area (Å²) in [5.41, 5.74) is 0. The van der Waals surface area contributed by atoms with Gasteiger partial charge in [0, 0.05) is 11.9 Å². The number of aliphatic carboxylic acids is 2. The van der Waals surface area contributed by atoms with Crippen LogP contribution >= 0.6 is 0 Å². The fourth-order valence-electron chi connectivity index (χ4n) is 1.47. The number of hydrogen-bond donors (Lipinski definition) is 0. The van der Waals surface area contributed by atoms with E-state index in [2.05, 4.69) is 0 Å². The molecule has 4 nitrogen and oxygen atoms in total. The standard InChI is InChI=1S/C6H12.2C4H8O2.Mn/c1-2-4-6-5-3-1;2*1-2-3-4(5)6;/h1-6H2;2*2-3H2,1H3,(H,5,6);/q;;;+2/p-2. The van der Waals surface area contributed by atoms with Crippen molar-refractivity contribution in [1.29, 1.82) is 0 Å². The van der Waals surface area contributed by atoms with E-state index in [1.54, 1.807) is 13.8 Å². The van der Waals surface area contributed by atoms with Crippen molar-refractivity contribution in [3.63, 3.8) is 0 Å². The van der Waals surface area contributed by atoms with Gasteiger partial charge in [0.1, 0.15) is 0 Å². The second-order valence-corrected chi connectivity index (χ2v) is 4.37. The molecule has 0 unspecified atom stereocenters. The number of rotatable bonds is 4. The zero-order valence-electron chi connectivity index (χ0n) is 12.1. The van der Waals surface area contributed by atoms with Crippen LogP contribution in [0.25, 0.3) is 0 Å². The first-order chi connectivity index (χ1) is 8.54. The third-order valence-electron chi connectivity index (χ3n) is 2.41. The first-order valence-corrected chi connectivity index (χ1v) is 6.94. The fourth-order valence-corrected chi connectivity index (χ4v) is 1.47. The maximum absolute atomic E-state index is 9.49. The van der Waals surface area contributed by atoms with Gasteiger partial charge in [-0.15, -0.1) is 0 Å². The summed E-state index contributed by atoms with van der Waals surface area (Å²) in [6.07, 6.45) is 10.7. The van der Waals surface area contributed by atoms with E-state index in [-0.39, 0.29) is 29.9 Å². The molecule has 0 aromatic carbocycles. The quantitative estimate of drug-likeness (QED) is 0.735. The predicted molar refractivity (Wildman–Crippen MR) is 67.5 cm³/mol. The van der Waals surface area contributed by atoms with Gasteiger partial charge in [-0.3, -0.25) is 0 Å². The van der Waals surface area contributed by atoms with Gasteiger partial charge in [-0.05, 0) is 12.8 Å². The molecule has 1 fully saturated rings. The molecule has 1 aliphatic carbocycles. The van der Waals surface area contributed by atoms with Crippen LogP contribution in [-0.4, -0.2) is 11.9 Å². The number of carbonyl (C=O) groups excluding carboxylic acids is 2. The van der Waals surface area contributed by atoms with Gasteiger partial charge in [-0.2, -0.15) is 0 Å². The molecule has 19 heavy (non-hydrogen) atoms. The van der Waals surface area contributed by atoms with Crippen LogP contribution in [-0.2, 0) is 26.7 Å². The third kappa shape index (κ3) is 31.8. The normalized spacial score (nSPS) is 12.7. The average Bonchev–Trinajstić information content (AvgIpc) is 2.32. The minimum absolute atomic E-state index is 0. The molecule has 0 heterocycles. The molecule has 0 amide bonds. The van der Waals surface area contributed by atoms with Gasteiger partial charge in [-0.1, -0.05) is 65.2 Å². The van der Waals surface area contributed by atoms with Crippen LogP contribution in [0.2, 0.25) is 0 Å². The molecule has 0 N–H and O–H groups in total. The first kappa shape index (κ1) is 23.5. The maximum Gasteiger partial charge on any atom is 2.00 e. The summed E-state index contributed by atoms with van der Waals surface area (Å²) in [5, 5.41) is 19.0. The van der Waals surface area contributed by atoms with Gasteiger partial charge in [0.15, 0.2) is 0 Å². The van der Waals surface area contributed by atoms with Gasteiger partial charge in [0.05, 0.1) is 0 Å². The predicted octanol–water partition coefficient (Wildman–Crippen LogP) is 1.41. The molecule has 0 aliphatic heterocycles. The Morgan fingerprint density at radius 2 is 0.947 bits per heavy atom. The molecule has 113 valence electrons. The second-order valence-electron chi connectivity index (χ2n) is 4.37. The Morgan fingerprint density at radius 1 is 0.737 bits per heavy atom. The van der Waals surface area contributed by atoms with Crippen molar-refractivity contribution in [2.45, 2.75) is 78.1 Å². The minimum atomic E-state index is -0.961. The summed E-state index contributed by atoms with van der Waals surface area (Å²) in [4.78, 5) is 19.0. The Labute approximate surface area is 127 Å². The van der Waals surface area contributed by atoms with Crippen molar-refractivity contribution in [2.75, 3.05) is 0 Å². The summed E-state index contributed by atoms with van der Waals surface area (Å²) >= 11 is 0. The van der Waals surface area contributed by atoms with Crippen LogP contribution in [0.15, 0.2) is 0 Å². The van der Waals surface area contributed by atoms with E-state index in [0.717, 1.165) is 0 Å². The molecule has 0 spiro atoms. The molecular formula is C14H26MnO4. The Hall–Kier alpha value is -0.541. The summed E-state index contributed by atoms with van der Waals surface area (Å²) in [7, 11) is 0. The smallest absolute Gasteiger partial charge is 0.550 e. The van der Waals surface area contributed by atoms with Crippen LogP contribution in [0.4, 0.5) is 0 Å². The monoisotopic (exact) mass is 313 g/mol. The largest absolute Gasteiger partial charge is 2.00 e. The summed E-state index contributed by atoms with van der Waals surface area (Å²) in [5.74, 6) is -1.92. The summed E-state index contributed by atoms with van der Waals surface area (Å²) in [6.45, 7) is 3.60. The topological polar surface area (TPSA) is 80.3 Å². The average molecular weight is 313 g/mol. The molecule has 1 saturated carbocycles. The van der Waals surface area contributed by atoms with Gasteiger partial charge in [-0.25, -0.2) is 0 Å². The van der Waals surface area contributed by atoms with Crippen LogP contribution in [0.1, 0.15) is 78.1 Å². The summed E-state index contributed by atoms with van der Waals surface area (Å²) in [6, 6.07) is 0. The molecule has 1 aliphatic rings. The van der Waals surface area contributed by atoms with Crippen molar-refractivity contribution in [3.8, 4) is 0 Å². The van der Waals surface area contributed by atoms with Crippen molar-refractivity contribution in [2.24, 2.45) is 0 Å². The number of carboxylic acids is 2. The molecule has 0 bridgehead atoms. The van der Waals surface area contributed by atoms with E-state index in [1.807, 2.05) is 0 Å². The van der Waals surface area contributed by atoms with Crippen molar-refractivity contribution in [3.05, 3.63) is 0 Å². The SMILES string of the molecule is C1CCCCC1.CCCC(=O)[O-].CCCC(=O)[O-].[Mn+2]. The number of carbonyl (C=O) groups is 2. The zero-order chi connectivity index (χ0) is 14.2. The first-order valence-electron chi connectivity index (χ1n) is 6.94. The van der Waals surface area contributed by atoms with Gasteiger partial charge < -0.3 is 19.8 Å². The molecule has 1 rings (SSSR count). The molecule has 5 heteroatoms. The van der Waals surface area contributed by atoms with Gasteiger partial charge >= 0.3 is 17.1 Å². The van der Waals surface area contributed by atoms with Crippen molar-refractivity contribution in [1.82, 2.24) is 0 Å². The van der Waals surface area contributed by atoms with E-state index in [4.69, 9.17) is 0 Å². The van der Waals surface area contributed by atoms with Crippen LogP contribution in [0.5, 0.6) is 0 Å². The molecule has 0 atom stereocenters. The van der Waals surface area contributed by atoms with Gasteiger partial charge in [0.2, 0.25) is 0 Å². The van der Waals surface area contributed by atoms with Gasteiger partial charge in [0.25, 0.3) is 0 Å². The Morgan fingerprint density at radius 3 is 1.00 bits per heavy atom. The number of carboxylic acid groups (broad SMARTS) is 2.